The Bertz CT molecular complexity index is 1420. The van der Waals surface area contributed by atoms with Crippen LogP contribution in [0.25, 0.3) is 10.9 Å². The molecule has 2 atom stereocenters. The van der Waals surface area contributed by atoms with E-state index in [1.165, 1.54) is 18.5 Å². The number of thiol groups is 1. The number of aromatic nitrogens is 2. The molecule has 0 saturated carbocycles. The Balaban J connectivity index is 1.49. The number of hydrogen-bond donors (Lipinski definition) is 2. The second-order valence-electron chi connectivity index (χ2n) is 7.96. The smallest absolute Gasteiger partial charge is 0.146 e. The predicted molar refractivity (Wildman–Crippen MR) is 130 cm³/mol. The topological polar surface area (TPSA) is 85.7 Å². The van der Waals surface area contributed by atoms with Crippen molar-refractivity contribution in [3.05, 3.63) is 78.4 Å². The normalized spacial score (nSPS) is 16.6. The van der Waals surface area contributed by atoms with Gasteiger partial charge in [0.25, 0.3) is 0 Å². The molecule has 7 nitrogen and oxygen atoms in total. The fourth-order valence-corrected chi connectivity index (χ4v) is 4.72. The Morgan fingerprint density at radius 2 is 2.00 bits per heavy atom. The average Bonchev–Trinajstić information content (AvgIpc) is 3.34. The third kappa shape index (κ3) is 4.85. The van der Waals surface area contributed by atoms with Crippen LogP contribution in [0.4, 0.5) is 21.6 Å². The number of nitrogens with one attached hydrogen (secondary N) is 1. The summed E-state index contributed by atoms with van der Waals surface area (Å²) in [5.74, 6) is 0.564. The zero-order valence-corrected chi connectivity index (χ0v) is 19.3. The SMILES string of the molecule is Cc1cc(/N=[SH](=O)/c2ccccc2)cc2ncnc(Nc3ccc(F)cc3O[C@H]3CCOC3)c12. The number of halogens is 1. The summed E-state index contributed by atoms with van der Waals surface area (Å²) in [6.45, 7) is 3.02. The molecule has 0 spiro atoms. The van der Waals surface area contributed by atoms with Crippen LogP contribution in [0.2, 0.25) is 0 Å². The fourth-order valence-electron chi connectivity index (χ4n) is 3.85. The maximum Gasteiger partial charge on any atom is 0.146 e. The molecule has 1 unspecified atom stereocenters. The van der Waals surface area contributed by atoms with Gasteiger partial charge in [-0.2, -0.15) is 4.36 Å². The van der Waals surface area contributed by atoms with Crippen molar-refractivity contribution in [2.24, 2.45) is 4.36 Å². The van der Waals surface area contributed by atoms with Crippen LogP contribution >= 0.6 is 0 Å². The summed E-state index contributed by atoms with van der Waals surface area (Å²) < 4.78 is 42.4. The second-order valence-corrected chi connectivity index (χ2v) is 9.22. The van der Waals surface area contributed by atoms with Crippen molar-refractivity contribution < 1.29 is 18.1 Å². The first-order valence-electron chi connectivity index (χ1n) is 10.9. The van der Waals surface area contributed by atoms with Gasteiger partial charge >= 0.3 is 0 Å². The molecule has 1 saturated heterocycles. The van der Waals surface area contributed by atoms with Crippen LogP contribution in [-0.2, 0) is 15.3 Å². The minimum atomic E-state index is -1.93. The average molecular weight is 479 g/mol. The Hall–Kier alpha value is -3.56. The lowest BCUT2D eigenvalue weighted by Gasteiger charge is -2.17. The van der Waals surface area contributed by atoms with Crippen molar-refractivity contribution in [2.45, 2.75) is 24.3 Å². The highest BCUT2D eigenvalue weighted by molar-refractivity contribution is 7.75. The quantitative estimate of drug-likeness (QED) is 0.364. The Labute approximate surface area is 198 Å². The number of rotatable bonds is 6. The first kappa shape index (κ1) is 22.2. The van der Waals surface area contributed by atoms with Gasteiger partial charge in [0.1, 0.15) is 29.8 Å². The van der Waals surface area contributed by atoms with Crippen molar-refractivity contribution in [3.8, 4) is 5.75 Å². The van der Waals surface area contributed by atoms with Gasteiger partial charge in [-0.3, -0.25) is 0 Å². The summed E-state index contributed by atoms with van der Waals surface area (Å²) in [5, 5.41) is 4.06. The number of hydrogen-bond acceptors (Lipinski definition) is 7. The molecule has 1 aliphatic rings. The van der Waals surface area contributed by atoms with Gasteiger partial charge in [0, 0.05) is 22.8 Å². The Kier molecular flexibility index (Phi) is 6.37. The van der Waals surface area contributed by atoms with Crippen molar-refractivity contribution in [3.63, 3.8) is 0 Å². The van der Waals surface area contributed by atoms with E-state index >= 15 is 0 Å². The van der Waals surface area contributed by atoms with E-state index in [9.17, 15) is 8.60 Å². The third-order valence-electron chi connectivity index (χ3n) is 5.48. The van der Waals surface area contributed by atoms with E-state index in [2.05, 4.69) is 19.6 Å². The number of ether oxygens (including phenoxy) is 2. The van der Waals surface area contributed by atoms with Crippen LogP contribution in [0.3, 0.4) is 0 Å². The lowest BCUT2D eigenvalue weighted by Crippen LogP contribution is -2.16. The largest absolute Gasteiger partial charge is 0.486 e. The lowest BCUT2D eigenvalue weighted by atomic mass is 10.1. The molecule has 4 aromatic rings. The highest BCUT2D eigenvalue weighted by Gasteiger charge is 2.20. The van der Waals surface area contributed by atoms with Gasteiger partial charge in [-0.25, -0.2) is 18.6 Å². The van der Waals surface area contributed by atoms with E-state index in [4.69, 9.17) is 9.47 Å². The predicted octanol–water partition coefficient (Wildman–Crippen LogP) is 5.34. The first-order valence-corrected chi connectivity index (χ1v) is 12.1. The fraction of sp³-hybridized carbons (Fsp3) is 0.200. The number of aryl methyl sites for hydroxylation is 1. The highest BCUT2D eigenvalue weighted by atomic mass is 32.2. The molecular weight excluding hydrogens is 455 g/mol. The van der Waals surface area contributed by atoms with E-state index in [1.54, 1.807) is 24.3 Å². The van der Waals surface area contributed by atoms with Crippen LogP contribution in [0, 0.1) is 12.7 Å². The summed E-state index contributed by atoms with van der Waals surface area (Å²) in [6.07, 6.45) is 2.07. The van der Waals surface area contributed by atoms with E-state index in [0.717, 1.165) is 17.4 Å². The first-order chi connectivity index (χ1) is 16.6. The molecule has 1 aliphatic heterocycles. The number of fused-ring (bicyclic) bond motifs is 1. The maximum absolute atomic E-state index is 13.9. The molecule has 0 amide bonds. The van der Waals surface area contributed by atoms with E-state index in [-0.39, 0.29) is 11.9 Å². The van der Waals surface area contributed by atoms with Crippen molar-refractivity contribution in [1.82, 2.24) is 9.97 Å². The molecule has 0 bridgehead atoms. The lowest BCUT2D eigenvalue weighted by molar-refractivity contribution is 0.141. The molecule has 1 N–H and O–H groups in total. The van der Waals surface area contributed by atoms with E-state index in [1.807, 2.05) is 31.2 Å². The van der Waals surface area contributed by atoms with Gasteiger partial charge in [0.15, 0.2) is 0 Å². The molecule has 9 heteroatoms. The summed E-state index contributed by atoms with van der Waals surface area (Å²) in [7, 11) is -1.93. The molecule has 0 aliphatic carbocycles. The zero-order chi connectivity index (χ0) is 23.5. The van der Waals surface area contributed by atoms with Crippen molar-refractivity contribution >= 4 is 38.7 Å². The summed E-state index contributed by atoms with van der Waals surface area (Å²) in [6, 6.07) is 17.1. The van der Waals surface area contributed by atoms with Crippen LogP contribution in [0.5, 0.6) is 5.75 Å². The van der Waals surface area contributed by atoms with Gasteiger partial charge in [-0.15, -0.1) is 0 Å². The van der Waals surface area contributed by atoms with Gasteiger partial charge in [0.2, 0.25) is 0 Å². The number of anilines is 2. The van der Waals surface area contributed by atoms with Gasteiger partial charge in [-0.05, 0) is 48.9 Å². The summed E-state index contributed by atoms with van der Waals surface area (Å²) in [5.41, 5.74) is 2.69. The Morgan fingerprint density at radius 1 is 1.15 bits per heavy atom. The minimum Gasteiger partial charge on any atom is -0.486 e. The standard InChI is InChI=1S/C25H23FN4O3S/c1-16-11-18(30-34(31)20-5-3-2-4-6-20)13-22-24(16)25(28-15-27-22)29-21-8-7-17(26)12-23(21)33-19-9-10-32-14-19/h2-8,11-13,15,19,34H,9-10,14H2,1H3,(H,27,28,29)/t19-/m0/s1. The van der Waals surface area contributed by atoms with E-state index in [0.29, 0.717) is 46.6 Å². The molecule has 0 radical (unpaired) electrons. The maximum atomic E-state index is 13.9. The monoisotopic (exact) mass is 478 g/mol. The van der Waals surface area contributed by atoms with Gasteiger partial charge < -0.3 is 14.8 Å². The summed E-state index contributed by atoms with van der Waals surface area (Å²) >= 11 is 0. The number of nitrogens with zero attached hydrogens (tertiary/aromatic N) is 3. The number of benzene rings is 3. The molecule has 1 aromatic heterocycles. The zero-order valence-electron chi connectivity index (χ0n) is 18.4. The minimum absolute atomic E-state index is 0.123. The second kappa shape index (κ2) is 9.74. The van der Waals surface area contributed by atoms with Gasteiger partial charge in [-0.1, -0.05) is 18.2 Å². The van der Waals surface area contributed by atoms with E-state index < -0.39 is 10.6 Å². The van der Waals surface area contributed by atoms with Crippen LogP contribution in [0.1, 0.15) is 12.0 Å². The molecule has 1 fully saturated rings. The van der Waals surface area contributed by atoms with Crippen LogP contribution in [-0.4, -0.2) is 33.5 Å². The van der Waals surface area contributed by atoms with Gasteiger partial charge in [0.05, 0.1) is 40.7 Å². The molecule has 34 heavy (non-hydrogen) atoms. The highest BCUT2D eigenvalue weighted by Crippen LogP contribution is 2.34. The molecule has 5 rings (SSSR count). The molecule has 2 heterocycles. The third-order valence-corrected chi connectivity index (χ3v) is 6.63. The van der Waals surface area contributed by atoms with Crippen molar-refractivity contribution in [1.29, 1.82) is 0 Å². The molecular formula is C25H23FN4O3S. The molecule has 3 aromatic carbocycles. The van der Waals surface area contributed by atoms with Crippen LogP contribution in [0.15, 0.2) is 76.2 Å². The van der Waals surface area contributed by atoms with Crippen molar-refractivity contribution in [2.75, 3.05) is 18.5 Å². The molecule has 174 valence electrons. The summed E-state index contributed by atoms with van der Waals surface area (Å²) in [4.78, 5) is 9.47. The Morgan fingerprint density at radius 3 is 2.79 bits per heavy atom. The van der Waals surface area contributed by atoms with Crippen LogP contribution < -0.4 is 10.1 Å².